The zero-order valence-corrected chi connectivity index (χ0v) is 10.2. The molecule has 1 unspecified atom stereocenters. The highest BCUT2D eigenvalue weighted by Gasteiger charge is 2.17. The summed E-state index contributed by atoms with van der Waals surface area (Å²) in [5.74, 6) is -0.803. The standard InChI is InChI=1S/C13H14F2N2O/c1-3-16-8(2)13-17-7-11(18-13)12-9(14)5-4-6-10(12)15/h4-8,16H,3H2,1-2H3. The molecule has 2 aromatic rings. The largest absolute Gasteiger partial charge is 0.439 e. The molecule has 0 spiro atoms. The van der Waals surface area contributed by atoms with Gasteiger partial charge in [0.05, 0.1) is 17.8 Å². The Morgan fingerprint density at radius 2 is 2.00 bits per heavy atom. The van der Waals surface area contributed by atoms with Gasteiger partial charge in [-0.25, -0.2) is 13.8 Å². The maximum absolute atomic E-state index is 13.6. The van der Waals surface area contributed by atoms with Crippen LogP contribution in [0, 0.1) is 11.6 Å². The molecule has 5 heteroatoms. The van der Waals surface area contributed by atoms with Crippen molar-refractivity contribution in [2.75, 3.05) is 6.54 Å². The van der Waals surface area contributed by atoms with Gasteiger partial charge in [0.1, 0.15) is 11.6 Å². The summed E-state index contributed by atoms with van der Waals surface area (Å²) in [6, 6.07) is 3.59. The summed E-state index contributed by atoms with van der Waals surface area (Å²) < 4.78 is 32.5. The number of hydrogen-bond donors (Lipinski definition) is 1. The second kappa shape index (κ2) is 5.27. The lowest BCUT2D eigenvalue weighted by atomic mass is 10.1. The third-order valence-electron chi connectivity index (χ3n) is 2.61. The Balaban J connectivity index is 2.35. The molecule has 0 aliphatic rings. The van der Waals surface area contributed by atoms with Crippen LogP contribution in [0.1, 0.15) is 25.8 Å². The predicted octanol–water partition coefficient (Wildman–Crippen LogP) is 3.29. The van der Waals surface area contributed by atoms with Crippen LogP contribution in [0.2, 0.25) is 0 Å². The summed E-state index contributed by atoms with van der Waals surface area (Å²) in [5, 5.41) is 3.11. The first kappa shape index (κ1) is 12.7. The van der Waals surface area contributed by atoms with Crippen LogP contribution in [0.15, 0.2) is 28.8 Å². The van der Waals surface area contributed by atoms with E-state index in [1.54, 1.807) is 0 Å². The zero-order valence-electron chi connectivity index (χ0n) is 10.2. The highest BCUT2D eigenvalue weighted by atomic mass is 19.1. The molecular formula is C13H14F2N2O. The van der Waals surface area contributed by atoms with Gasteiger partial charge in [-0.3, -0.25) is 0 Å². The molecule has 1 atom stereocenters. The van der Waals surface area contributed by atoms with E-state index in [1.807, 2.05) is 13.8 Å². The molecule has 1 aromatic heterocycles. The van der Waals surface area contributed by atoms with Crippen LogP contribution in [0.25, 0.3) is 11.3 Å². The van der Waals surface area contributed by atoms with Gasteiger partial charge in [0.15, 0.2) is 5.76 Å². The Labute approximate surface area is 104 Å². The predicted molar refractivity (Wildman–Crippen MR) is 63.9 cm³/mol. The first-order chi connectivity index (χ1) is 8.63. The number of halogens is 2. The minimum Gasteiger partial charge on any atom is -0.439 e. The van der Waals surface area contributed by atoms with Crippen LogP contribution in [0.5, 0.6) is 0 Å². The van der Waals surface area contributed by atoms with Crippen LogP contribution < -0.4 is 5.32 Å². The maximum atomic E-state index is 13.6. The van der Waals surface area contributed by atoms with E-state index in [1.165, 1.54) is 24.4 Å². The minimum absolute atomic E-state index is 0.0985. The molecule has 96 valence electrons. The number of nitrogens with one attached hydrogen (secondary N) is 1. The van der Waals surface area contributed by atoms with Crippen molar-refractivity contribution in [2.24, 2.45) is 0 Å². The van der Waals surface area contributed by atoms with Crippen molar-refractivity contribution < 1.29 is 13.2 Å². The van der Waals surface area contributed by atoms with Gasteiger partial charge in [-0.05, 0) is 25.6 Å². The Hall–Kier alpha value is -1.75. The molecule has 18 heavy (non-hydrogen) atoms. The van der Waals surface area contributed by atoms with Gasteiger partial charge in [-0.1, -0.05) is 13.0 Å². The summed E-state index contributed by atoms with van der Waals surface area (Å²) in [7, 11) is 0. The van der Waals surface area contributed by atoms with Crippen molar-refractivity contribution in [1.82, 2.24) is 10.3 Å². The number of nitrogens with zero attached hydrogens (tertiary/aromatic N) is 1. The SMILES string of the molecule is CCNC(C)c1ncc(-c2c(F)cccc2F)o1. The molecule has 2 rings (SSSR count). The minimum atomic E-state index is -0.659. The fourth-order valence-corrected chi connectivity index (χ4v) is 1.73. The van der Waals surface area contributed by atoms with Crippen molar-refractivity contribution >= 4 is 0 Å². The molecule has 1 heterocycles. The van der Waals surface area contributed by atoms with Gasteiger partial charge in [0.2, 0.25) is 5.89 Å². The van der Waals surface area contributed by atoms with Crippen molar-refractivity contribution in [1.29, 1.82) is 0 Å². The Morgan fingerprint density at radius 3 is 2.61 bits per heavy atom. The number of oxazole rings is 1. The third-order valence-corrected chi connectivity index (χ3v) is 2.61. The topological polar surface area (TPSA) is 38.1 Å². The lowest BCUT2D eigenvalue weighted by Crippen LogP contribution is -2.17. The molecule has 3 nitrogen and oxygen atoms in total. The van der Waals surface area contributed by atoms with Crippen molar-refractivity contribution in [2.45, 2.75) is 19.9 Å². The summed E-state index contributed by atoms with van der Waals surface area (Å²) in [6.45, 7) is 4.58. The zero-order chi connectivity index (χ0) is 13.1. The van der Waals surface area contributed by atoms with E-state index < -0.39 is 11.6 Å². The van der Waals surface area contributed by atoms with E-state index in [4.69, 9.17) is 4.42 Å². The Morgan fingerprint density at radius 1 is 1.33 bits per heavy atom. The van der Waals surface area contributed by atoms with E-state index in [2.05, 4.69) is 10.3 Å². The van der Waals surface area contributed by atoms with Gasteiger partial charge < -0.3 is 9.73 Å². The Bertz CT molecular complexity index is 519. The molecule has 0 bridgehead atoms. The van der Waals surface area contributed by atoms with Crippen molar-refractivity contribution in [3.05, 3.63) is 41.9 Å². The summed E-state index contributed by atoms with van der Waals surface area (Å²) in [6.07, 6.45) is 1.34. The molecule has 1 N–H and O–H groups in total. The normalized spacial score (nSPS) is 12.7. The lowest BCUT2D eigenvalue weighted by Gasteiger charge is -2.07. The molecule has 0 radical (unpaired) electrons. The van der Waals surface area contributed by atoms with Crippen LogP contribution in [-0.4, -0.2) is 11.5 Å². The smallest absolute Gasteiger partial charge is 0.211 e. The summed E-state index contributed by atoms with van der Waals surface area (Å²) in [5.41, 5.74) is -0.181. The Kier molecular flexibility index (Phi) is 3.72. The average Bonchev–Trinajstić information content (AvgIpc) is 2.78. The van der Waals surface area contributed by atoms with Gasteiger partial charge in [0, 0.05) is 0 Å². The maximum Gasteiger partial charge on any atom is 0.211 e. The van der Waals surface area contributed by atoms with Gasteiger partial charge in [-0.15, -0.1) is 0 Å². The molecule has 0 saturated carbocycles. The van der Waals surface area contributed by atoms with Gasteiger partial charge >= 0.3 is 0 Å². The fraction of sp³-hybridized carbons (Fsp3) is 0.308. The van der Waals surface area contributed by atoms with Crippen LogP contribution in [-0.2, 0) is 0 Å². The highest BCUT2D eigenvalue weighted by Crippen LogP contribution is 2.27. The average molecular weight is 252 g/mol. The van der Waals surface area contributed by atoms with E-state index in [0.29, 0.717) is 5.89 Å². The molecular weight excluding hydrogens is 238 g/mol. The quantitative estimate of drug-likeness (QED) is 0.907. The molecule has 1 aromatic carbocycles. The molecule has 0 fully saturated rings. The first-order valence-corrected chi connectivity index (χ1v) is 5.77. The first-order valence-electron chi connectivity index (χ1n) is 5.77. The molecule has 0 aliphatic heterocycles. The van der Waals surface area contributed by atoms with Crippen LogP contribution >= 0.6 is 0 Å². The third kappa shape index (κ3) is 2.41. The van der Waals surface area contributed by atoms with Crippen LogP contribution in [0.4, 0.5) is 8.78 Å². The van der Waals surface area contributed by atoms with E-state index in [9.17, 15) is 8.78 Å². The van der Waals surface area contributed by atoms with E-state index in [-0.39, 0.29) is 17.4 Å². The van der Waals surface area contributed by atoms with Crippen LogP contribution in [0.3, 0.4) is 0 Å². The number of hydrogen-bond acceptors (Lipinski definition) is 3. The van der Waals surface area contributed by atoms with Gasteiger partial charge in [0.25, 0.3) is 0 Å². The fourth-order valence-electron chi connectivity index (χ4n) is 1.73. The molecule has 0 saturated heterocycles. The highest BCUT2D eigenvalue weighted by molar-refractivity contribution is 5.58. The van der Waals surface area contributed by atoms with E-state index >= 15 is 0 Å². The number of benzene rings is 1. The van der Waals surface area contributed by atoms with Gasteiger partial charge in [-0.2, -0.15) is 0 Å². The number of rotatable bonds is 4. The van der Waals surface area contributed by atoms with E-state index in [0.717, 1.165) is 6.54 Å². The summed E-state index contributed by atoms with van der Waals surface area (Å²) >= 11 is 0. The molecule has 0 amide bonds. The molecule has 0 aliphatic carbocycles. The summed E-state index contributed by atoms with van der Waals surface area (Å²) in [4.78, 5) is 4.03. The number of aromatic nitrogens is 1. The van der Waals surface area contributed by atoms with Crippen molar-refractivity contribution in [3.63, 3.8) is 0 Å². The second-order valence-corrected chi connectivity index (χ2v) is 3.94. The monoisotopic (exact) mass is 252 g/mol. The second-order valence-electron chi connectivity index (χ2n) is 3.94. The van der Waals surface area contributed by atoms with Crippen molar-refractivity contribution in [3.8, 4) is 11.3 Å². The lowest BCUT2D eigenvalue weighted by molar-refractivity contribution is 0.426.